The quantitative estimate of drug-likeness (QED) is 0.761. The Kier molecular flexibility index (Phi) is 4.20. The lowest BCUT2D eigenvalue weighted by Gasteiger charge is -2.23. The van der Waals surface area contributed by atoms with E-state index >= 15 is 0 Å². The van der Waals surface area contributed by atoms with Gasteiger partial charge in [-0.25, -0.2) is 0 Å². The van der Waals surface area contributed by atoms with Gasteiger partial charge in [0.2, 0.25) is 0 Å². The van der Waals surface area contributed by atoms with Gasteiger partial charge in [0.05, 0.1) is 0 Å². The topological polar surface area (TPSA) is 61.4 Å². The van der Waals surface area contributed by atoms with Crippen molar-refractivity contribution < 1.29 is 9.90 Å². The fraction of sp³-hybridized carbons (Fsp3) is 0.500. The second kappa shape index (κ2) is 5.87. The van der Waals surface area contributed by atoms with Crippen molar-refractivity contribution in [3.8, 4) is 5.75 Å². The summed E-state index contributed by atoms with van der Waals surface area (Å²) in [5.74, 6) is 0.0381. The Morgan fingerprint density at radius 2 is 2.33 bits per heavy atom. The standard InChI is InChI=1S/C14H20N2O2/c1-10-5-6-11(8-13(10)17)14(18)16-9-12-4-2-3-7-15-12/h5-6,8,12,15,17H,2-4,7,9H2,1H3,(H,16,18). The normalized spacial score (nSPS) is 19.5. The molecule has 0 aromatic heterocycles. The van der Waals surface area contributed by atoms with E-state index < -0.39 is 0 Å². The minimum atomic E-state index is -0.127. The first-order valence-electron chi connectivity index (χ1n) is 6.48. The molecule has 1 atom stereocenters. The van der Waals surface area contributed by atoms with Gasteiger partial charge in [-0.05, 0) is 44.0 Å². The number of nitrogens with one attached hydrogen (secondary N) is 2. The van der Waals surface area contributed by atoms with Crippen LogP contribution in [-0.4, -0.2) is 30.1 Å². The summed E-state index contributed by atoms with van der Waals surface area (Å²) in [6.45, 7) is 3.49. The Morgan fingerprint density at radius 1 is 1.50 bits per heavy atom. The van der Waals surface area contributed by atoms with Crippen LogP contribution in [0.1, 0.15) is 35.2 Å². The lowest BCUT2D eigenvalue weighted by molar-refractivity contribution is 0.0947. The van der Waals surface area contributed by atoms with E-state index in [0.29, 0.717) is 18.2 Å². The smallest absolute Gasteiger partial charge is 0.251 e. The molecule has 18 heavy (non-hydrogen) atoms. The average molecular weight is 248 g/mol. The summed E-state index contributed by atoms with van der Waals surface area (Å²) >= 11 is 0. The van der Waals surface area contributed by atoms with Crippen LogP contribution in [0.4, 0.5) is 0 Å². The van der Waals surface area contributed by atoms with E-state index in [2.05, 4.69) is 10.6 Å². The van der Waals surface area contributed by atoms with E-state index in [-0.39, 0.29) is 11.7 Å². The number of piperidine rings is 1. The van der Waals surface area contributed by atoms with Crippen LogP contribution >= 0.6 is 0 Å². The SMILES string of the molecule is Cc1ccc(C(=O)NCC2CCCCN2)cc1O. The van der Waals surface area contributed by atoms with Gasteiger partial charge in [-0.2, -0.15) is 0 Å². The number of hydrogen-bond acceptors (Lipinski definition) is 3. The molecule has 1 aliphatic rings. The maximum absolute atomic E-state index is 11.9. The third-order valence-corrected chi connectivity index (χ3v) is 3.39. The first-order valence-corrected chi connectivity index (χ1v) is 6.48. The van der Waals surface area contributed by atoms with Crippen molar-refractivity contribution in [2.45, 2.75) is 32.2 Å². The van der Waals surface area contributed by atoms with E-state index in [9.17, 15) is 9.90 Å². The van der Waals surface area contributed by atoms with Gasteiger partial charge in [-0.15, -0.1) is 0 Å². The second-order valence-corrected chi connectivity index (χ2v) is 4.86. The highest BCUT2D eigenvalue weighted by molar-refractivity contribution is 5.94. The van der Waals surface area contributed by atoms with Gasteiger partial charge >= 0.3 is 0 Å². The van der Waals surface area contributed by atoms with Gasteiger partial charge in [-0.1, -0.05) is 12.5 Å². The molecule has 1 aliphatic heterocycles. The summed E-state index contributed by atoms with van der Waals surface area (Å²) in [5, 5.41) is 15.9. The summed E-state index contributed by atoms with van der Waals surface area (Å²) in [7, 11) is 0. The zero-order valence-corrected chi connectivity index (χ0v) is 10.7. The van der Waals surface area contributed by atoms with Gasteiger partial charge in [0.25, 0.3) is 5.91 Å². The number of benzene rings is 1. The predicted molar refractivity (Wildman–Crippen MR) is 70.8 cm³/mol. The number of aromatic hydroxyl groups is 1. The monoisotopic (exact) mass is 248 g/mol. The molecule has 4 heteroatoms. The molecule has 2 rings (SSSR count). The molecule has 1 unspecified atom stereocenters. The van der Waals surface area contributed by atoms with Gasteiger partial charge < -0.3 is 15.7 Å². The number of aryl methyl sites for hydroxylation is 1. The Morgan fingerprint density at radius 3 is 3.00 bits per heavy atom. The largest absolute Gasteiger partial charge is 0.508 e. The summed E-state index contributed by atoms with van der Waals surface area (Å²) in [4.78, 5) is 11.9. The van der Waals surface area contributed by atoms with Gasteiger partial charge in [0.1, 0.15) is 5.75 Å². The number of rotatable bonds is 3. The molecule has 98 valence electrons. The summed E-state index contributed by atoms with van der Waals surface area (Å²) in [6, 6.07) is 5.38. The summed E-state index contributed by atoms with van der Waals surface area (Å²) in [6.07, 6.45) is 3.55. The van der Waals surface area contributed by atoms with Crippen LogP contribution in [0, 0.1) is 6.92 Å². The predicted octanol–water partition coefficient (Wildman–Crippen LogP) is 1.57. The van der Waals surface area contributed by atoms with Gasteiger partial charge in [0, 0.05) is 18.2 Å². The van der Waals surface area contributed by atoms with Gasteiger partial charge in [0.15, 0.2) is 0 Å². The third-order valence-electron chi connectivity index (χ3n) is 3.39. The van der Waals surface area contributed by atoms with E-state index in [1.54, 1.807) is 12.1 Å². The number of hydrogen-bond donors (Lipinski definition) is 3. The molecule has 3 N–H and O–H groups in total. The van der Waals surface area contributed by atoms with Crippen LogP contribution in [0.5, 0.6) is 5.75 Å². The average Bonchev–Trinajstić information content (AvgIpc) is 2.40. The highest BCUT2D eigenvalue weighted by atomic mass is 16.3. The summed E-state index contributed by atoms with van der Waals surface area (Å²) < 4.78 is 0. The molecule has 1 aromatic rings. The number of carbonyl (C=O) groups is 1. The lowest BCUT2D eigenvalue weighted by atomic mass is 10.0. The molecule has 1 fully saturated rings. The van der Waals surface area contributed by atoms with Crippen molar-refractivity contribution in [2.24, 2.45) is 0 Å². The van der Waals surface area contributed by atoms with Crippen LogP contribution in [-0.2, 0) is 0 Å². The maximum Gasteiger partial charge on any atom is 0.251 e. The fourth-order valence-electron chi connectivity index (χ4n) is 2.17. The van der Waals surface area contributed by atoms with E-state index in [0.717, 1.165) is 18.5 Å². The molecule has 0 bridgehead atoms. The highest BCUT2D eigenvalue weighted by Crippen LogP contribution is 2.17. The maximum atomic E-state index is 11.9. The fourth-order valence-corrected chi connectivity index (χ4v) is 2.17. The van der Waals surface area contributed by atoms with Crippen molar-refractivity contribution in [1.29, 1.82) is 0 Å². The lowest BCUT2D eigenvalue weighted by Crippen LogP contribution is -2.43. The number of amides is 1. The van der Waals surface area contributed by atoms with Crippen LogP contribution in [0.3, 0.4) is 0 Å². The minimum absolute atomic E-state index is 0.127. The van der Waals surface area contributed by atoms with E-state index in [1.165, 1.54) is 18.9 Å². The zero-order chi connectivity index (χ0) is 13.0. The molecule has 0 saturated carbocycles. The second-order valence-electron chi connectivity index (χ2n) is 4.86. The van der Waals surface area contributed by atoms with Crippen LogP contribution in [0.25, 0.3) is 0 Å². The van der Waals surface area contributed by atoms with Crippen molar-refractivity contribution in [3.05, 3.63) is 29.3 Å². The molecular weight excluding hydrogens is 228 g/mol. The molecule has 4 nitrogen and oxygen atoms in total. The van der Waals surface area contributed by atoms with Crippen molar-refractivity contribution in [1.82, 2.24) is 10.6 Å². The molecule has 0 radical (unpaired) electrons. The first-order chi connectivity index (χ1) is 8.66. The number of phenols is 1. The van der Waals surface area contributed by atoms with Crippen molar-refractivity contribution in [3.63, 3.8) is 0 Å². The molecule has 1 heterocycles. The molecule has 0 spiro atoms. The molecule has 1 saturated heterocycles. The Labute approximate surface area is 107 Å². The minimum Gasteiger partial charge on any atom is -0.508 e. The first kappa shape index (κ1) is 12.9. The van der Waals surface area contributed by atoms with Crippen LogP contribution in [0.15, 0.2) is 18.2 Å². The number of carbonyl (C=O) groups excluding carboxylic acids is 1. The van der Waals surface area contributed by atoms with Crippen LogP contribution in [0.2, 0.25) is 0 Å². The van der Waals surface area contributed by atoms with Crippen molar-refractivity contribution >= 4 is 5.91 Å². The third kappa shape index (κ3) is 3.23. The molecular formula is C14H20N2O2. The zero-order valence-electron chi connectivity index (χ0n) is 10.7. The van der Waals surface area contributed by atoms with Crippen molar-refractivity contribution in [2.75, 3.05) is 13.1 Å². The van der Waals surface area contributed by atoms with Gasteiger partial charge in [-0.3, -0.25) is 4.79 Å². The van der Waals surface area contributed by atoms with E-state index in [4.69, 9.17) is 0 Å². The number of phenolic OH excluding ortho intramolecular Hbond substituents is 1. The molecule has 0 aliphatic carbocycles. The Hall–Kier alpha value is -1.55. The highest BCUT2D eigenvalue weighted by Gasteiger charge is 2.14. The Bertz CT molecular complexity index is 426. The van der Waals surface area contributed by atoms with E-state index in [1.807, 2.05) is 6.92 Å². The summed E-state index contributed by atoms with van der Waals surface area (Å²) in [5.41, 5.74) is 1.29. The van der Waals surface area contributed by atoms with Crippen LogP contribution < -0.4 is 10.6 Å². The molecule has 1 aromatic carbocycles. The Balaban J connectivity index is 1.88. The molecule has 1 amide bonds.